The zero-order valence-electron chi connectivity index (χ0n) is 20.6. The summed E-state index contributed by atoms with van der Waals surface area (Å²) in [6.45, 7) is 5.92. The van der Waals surface area contributed by atoms with Crippen molar-refractivity contribution < 1.29 is 9.53 Å². The predicted octanol–water partition coefficient (Wildman–Crippen LogP) is 3.24. The standard InChI is InChI=1S/C27H30N6O3/c1-3-36-27(35)20-12-14-32(15-13-20)24(22-16-21-11-7-8-18(2)23(21)28-26(22)34)25-29-30-31-33(25)17-19-9-5-4-6-10-19/h4-11,16,20,24H,3,12-15,17H2,1-2H3,(H,28,34). The second-order valence-corrected chi connectivity index (χ2v) is 9.24. The number of carbonyl (C=O) groups excluding carboxylic acids is 1. The average Bonchev–Trinajstić information content (AvgIpc) is 3.34. The molecule has 1 fully saturated rings. The molecule has 0 bridgehead atoms. The molecule has 3 heterocycles. The second-order valence-electron chi connectivity index (χ2n) is 9.24. The van der Waals surface area contributed by atoms with Gasteiger partial charge in [0.05, 0.1) is 24.6 Å². The van der Waals surface area contributed by atoms with Crippen LogP contribution in [0.15, 0.2) is 59.4 Å². The minimum atomic E-state index is -0.458. The molecule has 1 aliphatic rings. The Hall–Kier alpha value is -3.85. The van der Waals surface area contributed by atoms with Gasteiger partial charge in [-0.3, -0.25) is 14.5 Å². The normalized spacial score (nSPS) is 15.7. The fourth-order valence-corrected chi connectivity index (χ4v) is 5.03. The Bertz CT molecular complexity index is 1410. The van der Waals surface area contributed by atoms with Gasteiger partial charge in [-0.2, -0.15) is 0 Å². The number of aryl methyl sites for hydroxylation is 1. The molecule has 0 radical (unpaired) electrons. The van der Waals surface area contributed by atoms with Gasteiger partial charge in [0.1, 0.15) is 6.04 Å². The summed E-state index contributed by atoms with van der Waals surface area (Å²) >= 11 is 0. The van der Waals surface area contributed by atoms with E-state index < -0.39 is 6.04 Å². The van der Waals surface area contributed by atoms with E-state index in [-0.39, 0.29) is 17.4 Å². The first-order chi connectivity index (χ1) is 17.5. The van der Waals surface area contributed by atoms with E-state index in [1.165, 1.54) is 0 Å². The lowest BCUT2D eigenvalue weighted by Gasteiger charge is -2.36. The Balaban J connectivity index is 1.55. The molecule has 9 heteroatoms. The maximum atomic E-state index is 13.5. The third-order valence-electron chi connectivity index (χ3n) is 6.91. The fraction of sp³-hybridized carbons (Fsp3) is 0.370. The number of carbonyl (C=O) groups is 1. The number of fused-ring (bicyclic) bond motifs is 1. The van der Waals surface area contributed by atoms with Gasteiger partial charge in [-0.15, -0.1) is 5.10 Å². The Kier molecular flexibility index (Phi) is 6.90. The second kappa shape index (κ2) is 10.4. The minimum absolute atomic E-state index is 0.139. The number of para-hydroxylation sites is 1. The molecule has 5 rings (SSSR count). The molecule has 2 aromatic carbocycles. The summed E-state index contributed by atoms with van der Waals surface area (Å²) in [6, 6.07) is 17.4. The van der Waals surface area contributed by atoms with Crippen LogP contribution < -0.4 is 5.56 Å². The zero-order chi connectivity index (χ0) is 25.1. The smallest absolute Gasteiger partial charge is 0.309 e. The van der Waals surface area contributed by atoms with Gasteiger partial charge in [0.2, 0.25) is 0 Å². The number of ether oxygens (including phenoxy) is 1. The van der Waals surface area contributed by atoms with Gasteiger partial charge < -0.3 is 9.72 Å². The third-order valence-corrected chi connectivity index (χ3v) is 6.91. The van der Waals surface area contributed by atoms with Crippen LogP contribution in [0.1, 0.15) is 48.3 Å². The number of nitrogens with zero attached hydrogens (tertiary/aromatic N) is 5. The van der Waals surface area contributed by atoms with Crippen LogP contribution in [-0.4, -0.2) is 55.8 Å². The predicted molar refractivity (Wildman–Crippen MR) is 135 cm³/mol. The summed E-state index contributed by atoms with van der Waals surface area (Å²) in [5.74, 6) is 0.312. The Morgan fingerprint density at radius 2 is 1.92 bits per heavy atom. The molecule has 0 spiro atoms. The molecule has 1 N–H and O–H groups in total. The molecule has 0 amide bonds. The van der Waals surface area contributed by atoms with Gasteiger partial charge in [-0.05, 0) is 59.7 Å². The Morgan fingerprint density at radius 1 is 1.14 bits per heavy atom. The number of aromatic amines is 1. The van der Waals surface area contributed by atoms with Gasteiger partial charge in [-0.1, -0.05) is 48.5 Å². The largest absolute Gasteiger partial charge is 0.466 e. The van der Waals surface area contributed by atoms with E-state index in [2.05, 4.69) is 25.4 Å². The van der Waals surface area contributed by atoms with E-state index in [0.717, 1.165) is 22.0 Å². The lowest BCUT2D eigenvalue weighted by molar-refractivity contribution is -0.149. The van der Waals surface area contributed by atoms with Crippen LogP contribution >= 0.6 is 0 Å². The quantitative estimate of drug-likeness (QED) is 0.400. The molecule has 1 saturated heterocycles. The fourth-order valence-electron chi connectivity index (χ4n) is 5.03. The molecular weight excluding hydrogens is 456 g/mol. The summed E-state index contributed by atoms with van der Waals surface area (Å²) in [5.41, 5.74) is 3.33. The number of pyridine rings is 1. The van der Waals surface area contributed by atoms with E-state index in [1.54, 1.807) is 4.68 Å². The van der Waals surface area contributed by atoms with Crippen LogP contribution in [0.4, 0.5) is 0 Å². The van der Waals surface area contributed by atoms with Crippen LogP contribution in [0.5, 0.6) is 0 Å². The molecule has 186 valence electrons. The van der Waals surface area contributed by atoms with Crippen molar-refractivity contribution >= 4 is 16.9 Å². The van der Waals surface area contributed by atoms with Crippen molar-refractivity contribution in [1.82, 2.24) is 30.1 Å². The summed E-state index contributed by atoms with van der Waals surface area (Å²) in [5, 5.41) is 13.6. The minimum Gasteiger partial charge on any atom is -0.466 e. The molecule has 0 saturated carbocycles. The average molecular weight is 487 g/mol. The maximum absolute atomic E-state index is 13.5. The number of nitrogens with one attached hydrogen (secondary N) is 1. The first-order valence-electron chi connectivity index (χ1n) is 12.4. The highest BCUT2D eigenvalue weighted by Gasteiger charge is 2.35. The van der Waals surface area contributed by atoms with Crippen LogP contribution in [0, 0.1) is 12.8 Å². The van der Waals surface area contributed by atoms with Gasteiger partial charge in [0.15, 0.2) is 5.82 Å². The molecule has 1 aliphatic heterocycles. The summed E-state index contributed by atoms with van der Waals surface area (Å²) in [7, 11) is 0. The molecular formula is C27H30N6O3. The first-order valence-corrected chi connectivity index (χ1v) is 12.4. The molecule has 36 heavy (non-hydrogen) atoms. The highest BCUT2D eigenvalue weighted by atomic mass is 16.5. The number of benzene rings is 2. The number of hydrogen-bond acceptors (Lipinski definition) is 7. The third kappa shape index (κ3) is 4.79. The number of likely N-dealkylation sites (tertiary alicyclic amines) is 1. The molecule has 1 unspecified atom stereocenters. The van der Waals surface area contributed by atoms with Crippen molar-refractivity contribution in [3.8, 4) is 0 Å². The van der Waals surface area contributed by atoms with E-state index in [1.807, 2.05) is 68.4 Å². The molecule has 0 aliphatic carbocycles. The van der Waals surface area contributed by atoms with Crippen LogP contribution in [0.2, 0.25) is 0 Å². The van der Waals surface area contributed by atoms with Crippen LogP contribution in [0.25, 0.3) is 10.9 Å². The molecule has 9 nitrogen and oxygen atoms in total. The van der Waals surface area contributed by atoms with Gasteiger partial charge in [-0.25, -0.2) is 4.68 Å². The van der Waals surface area contributed by atoms with Crippen LogP contribution in [0.3, 0.4) is 0 Å². The number of esters is 1. The molecule has 4 aromatic rings. The lowest BCUT2D eigenvalue weighted by Crippen LogP contribution is -2.42. The number of hydrogen-bond donors (Lipinski definition) is 1. The maximum Gasteiger partial charge on any atom is 0.309 e. The number of rotatable bonds is 7. The van der Waals surface area contributed by atoms with Crippen molar-refractivity contribution in [2.24, 2.45) is 5.92 Å². The number of piperidine rings is 1. The SMILES string of the molecule is CCOC(=O)C1CCN(C(c2cc3cccc(C)c3[nH]c2=O)c2nnnn2Cc2ccccc2)CC1. The van der Waals surface area contributed by atoms with Crippen molar-refractivity contribution in [2.75, 3.05) is 19.7 Å². The number of tetrazole rings is 1. The zero-order valence-corrected chi connectivity index (χ0v) is 20.6. The van der Waals surface area contributed by atoms with Crippen molar-refractivity contribution in [2.45, 2.75) is 39.3 Å². The van der Waals surface area contributed by atoms with Gasteiger partial charge in [0.25, 0.3) is 5.56 Å². The number of aromatic nitrogens is 5. The Labute approximate surface area is 209 Å². The van der Waals surface area contributed by atoms with E-state index >= 15 is 0 Å². The summed E-state index contributed by atoms with van der Waals surface area (Å²) in [6.07, 6.45) is 1.31. The number of H-pyrrole nitrogens is 1. The summed E-state index contributed by atoms with van der Waals surface area (Å²) < 4.78 is 7.01. The van der Waals surface area contributed by atoms with Gasteiger partial charge in [0, 0.05) is 18.7 Å². The molecule has 2 aromatic heterocycles. The van der Waals surface area contributed by atoms with Crippen molar-refractivity contribution in [3.05, 3.63) is 87.5 Å². The van der Waals surface area contributed by atoms with Crippen molar-refractivity contribution in [1.29, 1.82) is 0 Å². The van der Waals surface area contributed by atoms with Gasteiger partial charge >= 0.3 is 5.97 Å². The highest BCUT2D eigenvalue weighted by Crippen LogP contribution is 2.31. The highest BCUT2D eigenvalue weighted by molar-refractivity contribution is 5.82. The summed E-state index contributed by atoms with van der Waals surface area (Å²) in [4.78, 5) is 31.1. The van der Waals surface area contributed by atoms with E-state index in [0.29, 0.717) is 50.5 Å². The van der Waals surface area contributed by atoms with Crippen LogP contribution in [-0.2, 0) is 16.1 Å². The first kappa shape index (κ1) is 23.9. The lowest BCUT2D eigenvalue weighted by atomic mass is 9.93. The van der Waals surface area contributed by atoms with Crippen molar-refractivity contribution in [3.63, 3.8) is 0 Å². The monoisotopic (exact) mass is 486 g/mol. The Morgan fingerprint density at radius 3 is 2.67 bits per heavy atom. The topological polar surface area (TPSA) is 106 Å². The van der Waals surface area contributed by atoms with E-state index in [9.17, 15) is 9.59 Å². The van der Waals surface area contributed by atoms with E-state index in [4.69, 9.17) is 4.74 Å². The molecule has 1 atom stereocenters.